The van der Waals surface area contributed by atoms with Crippen LogP contribution in [0.5, 0.6) is 0 Å². The van der Waals surface area contributed by atoms with Gasteiger partial charge in [-0.3, -0.25) is 9.59 Å². The van der Waals surface area contributed by atoms with E-state index in [1.807, 2.05) is 0 Å². The Kier molecular flexibility index (Phi) is 4.05. The van der Waals surface area contributed by atoms with Crippen LogP contribution in [0.3, 0.4) is 0 Å². The molecule has 23 heavy (non-hydrogen) atoms. The van der Waals surface area contributed by atoms with Crippen molar-refractivity contribution in [2.75, 3.05) is 0 Å². The summed E-state index contributed by atoms with van der Waals surface area (Å²) in [5.74, 6) is -2.04. The highest BCUT2D eigenvalue weighted by molar-refractivity contribution is 6.43. The number of carbonyl (C=O) groups excluding carboxylic acids is 2. The van der Waals surface area contributed by atoms with Crippen molar-refractivity contribution in [2.24, 2.45) is 0 Å². The highest BCUT2D eigenvalue weighted by atomic mass is 19.1. The van der Waals surface area contributed by atoms with Gasteiger partial charge in [-0.2, -0.15) is 5.21 Å². The summed E-state index contributed by atoms with van der Waals surface area (Å²) >= 11 is 0. The summed E-state index contributed by atoms with van der Waals surface area (Å²) in [5.41, 5.74) is 1.83. The zero-order valence-corrected chi connectivity index (χ0v) is 11.9. The summed E-state index contributed by atoms with van der Waals surface area (Å²) in [6.07, 6.45) is 1.84. The van der Waals surface area contributed by atoms with Crippen molar-refractivity contribution in [1.82, 2.24) is 25.6 Å². The minimum atomic E-state index is -0.809. The summed E-state index contributed by atoms with van der Waals surface area (Å²) < 4.78 is 13.7. The van der Waals surface area contributed by atoms with Crippen LogP contribution in [-0.4, -0.2) is 37.2 Å². The van der Waals surface area contributed by atoms with Gasteiger partial charge in [0.1, 0.15) is 5.82 Å². The maximum atomic E-state index is 13.7. The van der Waals surface area contributed by atoms with E-state index in [1.54, 1.807) is 30.5 Å². The lowest BCUT2D eigenvalue weighted by Gasteiger charge is -2.05. The van der Waals surface area contributed by atoms with Gasteiger partial charge in [-0.25, -0.2) is 4.39 Å². The maximum Gasteiger partial charge on any atom is 0.269 e. The van der Waals surface area contributed by atoms with Crippen LogP contribution in [0.2, 0.25) is 0 Å². The van der Waals surface area contributed by atoms with Gasteiger partial charge in [0.25, 0.3) is 5.78 Å². The number of rotatable bonds is 6. The second-order valence-electron chi connectivity index (χ2n) is 4.91. The molecule has 0 saturated carbocycles. The Morgan fingerprint density at radius 1 is 1.13 bits per heavy atom. The van der Waals surface area contributed by atoms with Crippen LogP contribution in [0.4, 0.5) is 4.39 Å². The number of hydrogen-bond donors (Lipinski definition) is 2. The molecule has 0 aliphatic heterocycles. The predicted octanol–water partition coefficient (Wildman–Crippen LogP) is 1.25. The molecule has 2 aromatic heterocycles. The molecule has 0 spiro atoms. The van der Waals surface area contributed by atoms with E-state index in [-0.39, 0.29) is 18.1 Å². The molecule has 2 N–H and O–H groups in total. The van der Waals surface area contributed by atoms with Gasteiger partial charge >= 0.3 is 0 Å². The minimum absolute atomic E-state index is 0.110. The lowest BCUT2D eigenvalue weighted by molar-refractivity contribution is -0.114. The van der Waals surface area contributed by atoms with E-state index in [1.165, 1.54) is 6.07 Å². The molecule has 0 bridgehead atoms. The molecule has 3 aromatic rings. The van der Waals surface area contributed by atoms with E-state index in [2.05, 4.69) is 25.6 Å². The molecule has 0 fully saturated rings. The third kappa shape index (κ3) is 3.20. The van der Waals surface area contributed by atoms with E-state index in [0.717, 1.165) is 0 Å². The zero-order chi connectivity index (χ0) is 16.2. The Morgan fingerprint density at radius 2 is 1.96 bits per heavy atom. The number of benzene rings is 1. The molecule has 8 heteroatoms. The highest BCUT2D eigenvalue weighted by Crippen LogP contribution is 2.16. The summed E-state index contributed by atoms with van der Waals surface area (Å²) in [4.78, 5) is 26.9. The molecular weight excluding hydrogens is 301 g/mol. The van der Waals surface area contributed by atoms with Crippen molar-refractivity contribution in [3.8, 4) is 0 Å². The lowest BCUT2D eigenvalue weighted by atomic mass is 10.0. The van der Waals surface area contributed by atoms with Gasteiger partial charge in [0, 0.05) is 24.7 Å². The van der Waals surface area contributed by atoms with E-state index < -0.39 is 11.6 Å². The van der Waals surface area contributed by atoms with Crippen LogP contribution in [0.15, 0.2) is 36.5 Å². The monoisotopic (exact) mass is 313 g/mol. The van der Waals surface area contributed by atoms with E-state index >= 15 is 0 Å². The minimum Gasteiger partial charge on any atom is -0.364 e. The first-order valence-electron chi connectivity index (χ1n) is 6.84. The zero-order valence-electron chi connectivity index (χ0n) is 11.9. The summed E-state index contributed by atoms with van der Waals surface area (Å²) in [6.45, 7) is 0. The Morgan fingerprint density at radius 3 is 2.70 bits per heavy atom. The molecule has 0 aliphatic carbocycles. The second-order valence-corrected chi connectivity index (χ2v) is 4.91. The molecule has 116 valence electrons. The Balaban J connectivity index is 1.75. The number of nitrogens with one attached hydrogen (secondary N) is 2. The molecule has 2 heterocycles. The van der Waals surface area contributed by atoms with E-state index in [0.29, 0.717) is 23.2 Å². The fourth-order valence-electron chi connectivity index (χ4n) is 2.23. The molecule has 1 aromatic carbocycles. The first-order valence-corrected chi connectivity index (χ1v) is 6.84. The molecular formula is C15H12FN5O2. The quantitative estimate of drug-likeness (QED) is 0.526. The standard InChI is InChI=1S/C15H12FN5O2/c16-11-4-2-1-3-9(11)7-12-10(5-6-17-12)8-13(22)14(23)15-18-20-21-19-15/h1-6,17H,7-8H2,(H,18,19,20,21). The number of aromatic amines is 2. The lowest BCUT2D eigenvalue weighted by Crippen LogP contribution is -2.18. The topological polar surface area (TPSA) is 104 Å². The van der Waals surface area contributed by atoms with E-state index in [9.17, 15) is 14.0 Å². The Hall–Kier alpha value is -3.16. The molecule has 0 atom stereocenters. The average molecular weight is 313 g/mol. The van der Waals surface area contributed by atoms with Crippen LogP contribution >= 0.6 is 0 Å². The Bertz CT molecular complexity index is 841. The smallest absolute Gasteiger partial charge is 0.269 e. The first kappa shape index (κ1) is 14.8. The summed E-state index contributed by atoms with van der Waals surface area (Å²) in [5, 5.41) is 12.4. The highest BCUT2D eigenvalue weighted by Gasteiger charge is 2.22. The molecule has 0 radical (unpaired) electrons. The van der Waals surface area contributed by atoms with Crippen LogP contribution in [0.25, 0.3) is 0 Å². The van der Waals surface area contributed by atoms with Gasteiger partial charge in [0.2, 0.25) is 11.6 Å². The van der Waals surface area contributed by atoms with Gasteiger partial charge in [0.05, 0.1) is 0 Å². The summed E-state index contributed by atoms with van der Waals surface area (Å²) in [6, 6.07) is 8.10. The number of halogens is 1. The largest absolute Gasteiger partial charge is 0.364 e. The number of aromatic nitrogens is 5. The van der Waals surface area contributed by atoms with Crippen LogP contribution < -0.4 is 0 Å². The molecule has 0 saturated heterocycles. The van der Waals surface area contributed by atoms with Gasteiger partial charge in [-0.05, 0) is 28.5 Å². The number of H-pyrrole nitrogens is 2. The van der Waals surface area contributed by atoms with Gasteiger partial charge in [0.15, 0.2) is 0 Å². The number of tetrazole rings is 1. The number of hydrogen-bond acceptors (Lipinski definition) is 5. The molecule has 0 unspecified atom stereocenters. The summed E-state index contributed by atoms with van der Waals surface area (Å²) in [7, 11) is 0. The molecule has 0 aliphatic rings. The second kappa shape index (κ2) is 6.30. The van der Waals surface area contributed by atoms with Crippen LogP contribution in [-0.2, 0) is 17.6 Å². The van der Waals surface area contributed by atoms with Gasteiger partial charge in [-0.1, -0.05) is 18.2 Å². The molecule has 7 nitrogen and oxygen atoms in total. The van der Waals surface area contributed by atoms with Crippen molar-refractivity contribution in [2.45, 2.75) is 12.8 Å². The third-order valence-electron chi connectivity index (χ3n) is 3.41. The fraction of sp³-hybridized carbons (Fsp3) is 0.133. The van der Waals surface area contributed by atoms with Crippen molar-refractivity contribution in [3.63, 3.8) is 0 Å². The third-order valence-corrected chi connectivity index (χ3v) is 3.41. The number of Topliss-reactive ketones (excluding diaryl/α,β-unsaturated/α-hetero) is 2. The predicted molar refractivity (Wildman–Crippen MR) is 77.2 cm³/mol. The van der Waals surface area contributed by atoms with Gasteiger partial charge in [-0.15, -0.1) is 10.2 Å². The molecule has 0 amide bonds. The molecule has 3 rings (SSSR count). The number of ketones is 2. The van der Waals surface area contributed by atoms with Crippen LogP contribution in [0, 0.1) is 5.82 Å². The average Bonchev–Trinajstić information content (AvgIpc) is 3.21. The normalized spacial score (nSPS) is 10.7. The maximum absolute atomic E-state index is 13.7. The van der Waals surface area contributed by atoms with Crippen molar-refractivity contribution in [1.29, 1.82) is 0 Å². The SMILES string of the molecule is O=C(Cc1cc[nH]c1Cc1ccccc1F)C(=O)c1nn[nH]n1. The Labute approximate surface area is 129 Å². The van der Waals surface area contributed by atoms with Crippen molar-refractivity contribution < 1.29 is 14.0 Å². The van der Waals surface area contributed by atoms with Gasteiger partial charge < -0.3 is 4.98 Å². The number of nitrogens with zero attached hydrogens (tertiary/aromatic N) is 3. The first-order chi connectivity index (χ1) is 11.1. The van der Waals surface area contributed by atoms with Crippen molar-refractivity contribution >= 4 is 11.6 Å². The van der Waals surface area contributed by atoms with Crippen molar-refractivity contribution in [3.05, 3.63) is 65.0 Å². The number of carbonyl (C=O) groups is 2. The fourth-order valence-corrected chi connectivity index (χ4v) is 2.23. The van der Waals surface area contributed by atoms with Crippen LogP contribution in [0.1, 0.15) is 27.4 Å². The van der Waals surface area contributed by atoms with E-state index in [4.69, 9.17) is 0 Å².